The Kier molecular flexibility index (Phi) is 6.69. The largest absolute Gasteiger partial charge is 0.502 e. The minimum atomic E-state index is 0.0394. The molecule has 0 amide bonds. The Bertz CT molecular complexity index is 499. The predicted octanol–water partition coefficient (Wildman–Crippen LogP) is 2.82. The zero-order valence-electron chi connectivity index (χ0n) is 13.0. The minimum Gasteiger partial charge on any atom is -0.502 e. The number of benzene rings is 2. The van der Waals surface area contributed by atoms with E-state index in [1.54, 1.807) is 36.4 Å². The van der Waals surface area contributed by atoms with E-state index in [1.165, 1.54) is 28.4 Å². The lowest BCUT2D eigenvalue weighted by atomic mass is 10.3. The third-order valence-electron chi connectivity index (χ3n) is 2.80. The minimum absolute atomic E-state index is 0.0394. The van der Waals surface area contributed by atoms with E-state index >= 15 is 0 Å². The molecular weight excluding hydrogens is 288 g/mol. The van der Waals surface area contributed by atoms with Crippen LogP contribution < -0.4 is 18.9 Å². The highest BCUT2D eigenvalue weighted by Crippen LogP contribution is 2.35. The van der Waals surface area contributed by atoms with Crippen LogP contribution in [0.4, 0.5) is 0 Å². The molecular formula is C16H20O6. The molecule has 2 N–H and O–H groups in total. The van der Waals surface area contributed by atoms with Gasteiger partial charge in [0.05, 0.1) is 28.4 Å². The molecule has 2 aromatic rings. The summed E-state index contributed by atoms with van der Waals surface area (Å²) in [5, 5.41) is 18.7. The van der Waals surface area contributed by atoms with Crippen molar-refractivity contribution in [3.05, 3.63) is 36.4 Å². The van der Waals surface area contributed by atoms with Gasteiger partial charge in [-0.25, -0.2) is 0 Å². The van der Waals surface area contributed by atoms with Crippen molar-refractivity contribution in [3.8, 4) is 34.5 Å². The third kappa shape index (κ3) is 4.12. The van der Waals surface area contributed by atoms with Crippen LogP contribution in [0.2, 0.25) is 0 Å². The van der Waals surface area contributed by atoms with E-state index in [-0.39, 0.29) is 11.5 Å². The van der Waals surface area contributed by atoms with Gasteiger partial charge in [-0.2, -0.15) is 0 Å². The van der Waals surface area contributed by atoms with E-state index < -0.39 is 0 Å². The maximum Gasteiger partial charge on any atom is 0.200 e. The summed E-state index contributed by atoms with van der Waals surface area (Å²) in [4.78, 5) is 0. The maximum absolute atomic E-state index is 9.34. The molecule has 2 rings (SSSR count). The zero-order valence-corrected chi connectivity index (χ0v) is 13.0. The highest BCUT2D eigenvalue weighted by atomic mass is 16.5. The molecule has 6 heteroatoms. The fourth-order valence-corrected chi connectivity index (χ4v) is 1.66. The zero-order chi connectivity index (χ0) is 16.5. The Morgan fingerprint density at radius 3 is 0.955 bits per heavy atom. The fourth-order valence-electron chi connectivity index (χ4n) is 1.66. The number of hydrogen-bond acceptors (Lipinski definition) is 6. The average Bonchev–Trinajstić information content (AvgIpc) is 2.56. The molecule has 2 aromatic carbocycles. The Morgan fingerprint density at radius 1 is 0.545 bits per heavy atom. The number of ether oxygens (including phenoxy) is 4. The second-order valence-electron chi connectivity index (χ2n) is 4.02. The molecule has 0 aliphatic rings. The molecule has 0 radical (unpaired) electrons. The van der Waals surface area contributed by atoms with Gasteiger partial charge in [0, 0.05) is 0 Å². The molecule has 0 bridgehead atoms. The lowest BCUT2D eigenvalue weighted by Gasteiger charge is -2.06. The van der Waals surface area contributed by atoms with Crippen LogP contribution in [0, 0.1) is 0 Å². The van der Waals surface area contributed by atoms with Crippen LogP contribution in [0.25, 0.3) is 0 Å². The molecule has 0 heterocycles. The summed E-state index contributed by atoms with van der Waals surface area (Å²) in [7, 11) is 5.98. The van der Waals surface area contributed by atoms with Crippen molar-refractivity contribution in [1.29, 1.82) is 0 Å². The summed E-state index contributed by atoms with van der Waals surface area (Å²) >= 11 is 0. The van der Waals surface area contributed by atoms with Crippen molar-refractivity contribution in [2.75, 3.05) is 28.4 Å². The molecule has 0 aromatic heterocycles. The Balaban J connectivity index is 0.000000220. The van der Waals surface area contributed by atoms with Gasteiger partial charge >= 0.3 is 0 Å². The molecule has 0 saturated carbocycles. The number of hydrogen-bond donors (Lipinski definition) is 2. The summed E-state index contributed by atoms with van der Waals surface area (Å²) < 4.78 is 19.4. The van der Waals surface area contributed by atoms with Gasteiger partial charge in [-0.05, 0) is 24.3 Å². The van der Waals surface area contributed by atoms with Crippen LogP contribution in [0.3, 0.4) is 0 Å². The van der Waals surface area contributed by atoms with E-state index in [0.717, 1.165) is 0 Å². The van der Waals surface area contributed by atoms with Crippen molar-refractivity contribution in [3.63, 3.8) is 0 Å². The molecule has 0 fully saturated rings. The van der Waals surface area contributed by atoms with Crippen molar-refractivity contribution in [2.45, 2.75) is 0 Å². The lowest BCUT2D eigenvalue weighted by Crippen LogP contribution is -1.87. The topological polar surface area (TPSA) is 77.4 Å². The number of rotatable bonds is 4. The molecule has 6 nitrogen and oxygen atoms in total. The first-order valence-electron chi connectivity index (χ1n) is 6.38. The molecule has 120 valence electrons. The van der Waals surface area contributed by atoms with Gasteiger partial charge in [0.1, 0.15) is 0 Å². The van der Waals surface area contributed by atoms with Crippen molar-refractivity contribution >= 4 is 0 Å². The van der Waals surface area contributed by atoms with Gasteiger partial charge < -0.3 is 29.2 Å². The van der Waals surface area contributed by atoms with E-state index in [4.69, 9.17) is 18.9 Å². The lowest BCUT2D eigenvalue weighted by molar-refractivity contribution is 0.340. The van der Waals surface area contributed by atoms with Crippen LogP contribution in [0.1, 0.15) is 0 Å². The van der Waals surface area contributed by atoms with Crippen LogP contribution in [0.15, 0.2) is 36.4 Å². The Labute approximate surface area is 129 Å². The number of methoxy groups -OCH3 is 4. The highest BCUT2D eigenvalue weighted by Gasteiger charge is 2.06. The van der Waals surface area contributed by atoms with Crippen molar-refractivity contribution in [1.82, 2.24) is 0 Å². The monoisotopic (exact) mass is 308 g/mol. The van der Waals surface area contributed by atoms with Crippen molar-refractivity contribution < 1.29 is 29.2 Å². The number of para-hydroxylation sites is 2. The summed E-state index contributed by atoms with van der Waals surface area (Å²) in [6, 6.07) is 10.2. The first-order chi connectivity index (χ1) is 10.6. The summed E-state index contributed by atoms with van der Waals surface area (Å²) in [6.07, 6.45) is 0. The molecule has 0 aliphatic heterocycles. The summed E-state index contributed by atoms with van der Waals surface area (Å²) in [6.45, 7) is 0. The normalized spacial score (nSPS) is 9.27. The fraction of sp³-hybridized carbons (Fsp3) is 0.250. The highest BCUT2D eigenvalue weighted by molar-refractivity contribution is 5.50. The van der Waals surface area contributed by atoms with E-state index in [9.17, 15) is 10.2 Å². The smallest absolute Gasteiger partial charge is 0.200 e. The van der Waals surface area contributed by atoms with Crippen LogP contribution >= 0.6 is 0 Å². The number of phenols is 2. The summed E-state index contributed by atoms with van der Waals surface area (Å²) in [5.41, 5.74) is 0. The molecule has 0 spiro atoms. The average molecular weight is 308 g/mol. The number of aromatic hydroxyl groups is 2. The molecule has 0 unspecified atom stereocenters. The standard InChI is InChI=1S/2C8H10O3/c2*1-10-6-4-3-5-7(11-2)8(6)9/h2*3-5,9H,1-2H3. The van der Waals surface area contributed by atoms with Gasteiger partial charge in [0.2, 0.25) is 11.5 Å². The predicted molar refractivity (Wildman–Crippen MR) is 82.4 cm³/mol. The summed E-state index contributed by atoms with van der Waals surface area (Å²) in [5.74, 6) is 1.76. The number of phenolic OH excluding ortho intramolecular Hbond substituents is 2. The van der Waals surface area contributed by atoms with Gasteiger partial charge in [-0.15, -0.1) is 0 Å². The second kappa shape index (κ2) is 8.51. The van der Waals surface area contributed by atoms with Crippen LogP contribution in [0.5, 0.6) is 34.5 Å². The van der Waals surface area contributed by atoms with Crippen LogP contribution in [-0.2, 0) is 0 Å². The first kappa shape index (κ1) is 17.3. The second-order valence-corrected chi connectivity index (χ2v) is 4.02. The Morgan fingerprint density at radius 2 is 0.773 bits per heavy atom. The van der Waals surface area contributed by atoms with E-state index in [2.05, 4.69) is 0 Å². The third-order valence-corrected chi connectivity index (χ3v) is 2.80. The van der Waals surface area contributed by atoms with Crippen LogP contribution in [-0.4, -0.2) is 38.7 Å². The van der Waals surface area contributed by atoms with Gasteiger partial charge in [0.25, 0.3) is 0 Å². The van der Waals surface area contributed by atoms with Gasteiger partial charge in [-0.3, -0.25) is 0 Å². The van der Waals surface area contributed by atoms with Crippen molar-refractivity contribution in [2.24, 2.45) is 0 Å². The molecule has 0 saturated heterocycles. The maximum atomic E-state index is 9.34. The van der Waals surface area contributed by atoms with Gasteiger partial charge in [0.15, 0.2) is 23.0 Å². The molecule has 22 heavy (non-hydrogen) atoms. The quantitative estimate of drug-likeness (QED) is 0.904. The Hall–Kier alpha value is -2.76. The molecule has 0 atom stereocenters. The van der Waals surface area contributed by atoms with E-state index in [0.29, 0.717) is 23.0 Å². The molecule has 0 aliphatic carbocycles. The first-order valence-corrected chi connectivity index (χ1v) is 6.38. The SMILES string of the molecule is COc1cccc(OC)c1O.COc1cccc(OC)c1O. The van der Waals surface area contributed by atoms with E-state index in [1.807, 2.05) is 0 Å². The van der Waals surface area contributed by atoms with Gasteiger partial charge in [-0.1, -0.05) is 12.1 Å².